The van der Waals surface area contributed by atoms with Crippen LogP contribution in [-0.4, -0.2) is 24.9 Å². The smallest absolute Gasteiger partial charge is 0.223 e. The molecule has 1 aliphatic rings. The Morgan fingerprint density at radius 3 is 2.67 bits per heavy atom. The lowest BCUT2D eigenvalue weighted by molar-refractivity contribution is -0.127. The number of hydrogen-bond acceptors (Lipinski definition) is 2. The lowest BCUT2D eigenvalue weighted by Crippen LogP contribution is -2.41. The van der Waals surface area contributed by atoms with Gasteiger partial charge in [-0.15, -0.1) is 0 Å². The molecule has 2 amide bonds. The third-order valence-electron chi connectivity index (χ3n) is 4.02. The highest BCUT2D eigenvalue weighted by Gasteiger charge is 2.25. The Hall–Kier alpha value is -1.55. The second-order valence-electron chi connectivity index (χ2n) is 5.47. The highest BCUT2D eigenvalue weighted by atomic mass is 35.5. The van der Waals surface area contributed by atoms with Gasteiger partial charge in [0, 0.05) is 36.6 Å². The lowest BCUT2D eigenvalue weighted by Gasteiger charge is -2.26. The fourth-order valence-corrected chi connectivity index (χ4v) is 2.61. The third kappa shape index (κ3) is 3.76. The van der Waals surface area contributed by atoms with Crippen LogP contribution in [0, 0.1) is 12.8 Å². The molecule has 1 N–H and O–H groups in total. The summed E-state index contributed by atoms with van der Waals surface area (Å²) in [6.07, 6.45) is 3.10. The number of hydrogen-bond donors (Lipinski definition) is 1. The van der Waals surface area contributed by atoms with Crippen molar-refractivity contribution in [2.75, 3.05) is 18.0 Å². The highest BCUT2D eigenvalue weighted by Crippen LogP contribution is 2.27. The number of carbonyl (C=O) groups is 2. The third-order valence-corrected chi connectivity index (χ3v) is 4.43. The second-order valence-corrected chi connectivity index (χ2v) is 5.88. The summed E-state index contributed by atoms with van der Waals surface area (Å²) in [6, 6.07) is 5.50. The molecular weight excluding hydrogens is 288 g/mol. The molecule has 1 aliphatic carbocycles. The average Bonchev–Trinajstić information content (AvgIpc) is 2.36. The van der Waals surface area contributed by atoms with Gasteiger partial charge in [-0.3, -0.25) is 9.59 Å². The van der Waals surface area contributed by atoms with Gasteiger partial charge in [0.2, 0.25) is 11.8 Å². The van der Waals surface area contributed by atoms with Crippen LogP contribution in [0.5, 0.6) is 0 Å². The van der Waals surface area contributed by atoms with Crippen LogP contribution < -0.4 is 10.2 Å². The van der Waals surface area contributed by atoms with Gasteiger partial charge in [-0.05, 0) is 37.5 Å². The first kappa shape index (κ1) is 15.8. The van der Waals surface area contributed by atoms with Crippen LogP contribution in [0.1, 0.15) is 31.7 Å². The van der Waals surface area contributed by atoms with Crippen LogP contribution >= 0.6 is 11.6 Å². The Bertz CT molecular complexity index is 541. The van der Waals surface area contributed by atoms with Crippen molar-refractivity contribution in [1.29, 1.82) is 0 Å². The Labute approximate surface area is 130 Å². The molecule has 0 saturated heterocycles. The van der Waals surface area contributed by atoms with E-state index in [2.05, 4.69) is 5.32 Å². The number of anilines is 1. The molecule has 5 heteroatoms. The van der Waals surface area contributed by atoms with Crippen LogP contribution in [0.4, 0.5) is 5.69 Å². The van der Waals surface area contributed by atoms with E-state index in [1.54, 1.807) is 11.0 Å². The molecule has 0 aromatic heterocycles. The van der Waals surface area contributed by atoms with E-state index in [0.29, 0.717) is 18.1 Å². The molecule has 21 heavy (non-hydrogen) atoms. The van der Waals surface area contributed by atoms with Crippen LogP contribution in [-0.2, 0) is 9.59 Å². The van der Waals surface area contributed by atoms with Crippen molar-refractivity contribution in [2.45, 2.75) is 33.1 Å². The van der Waals surface area contributed by atoms with Gasteiger partial charge in [-0.2, -0.15) is 0 Å². The zero-order valence-corrected chi connectivity index (χ0v) is 13.2. The first-order valence-electron chi connectivity index (χ1n) is 7.31. The summed E-state index contributed by atoms with van der Waals surface area (Å²) in [5.41, 5.74) is 1.67. The summed E-state index contributed by atoms with van der Waals surface area (Å²) in [7, 11) is 0. The zero-order chi connectivity index (χ0) is 15.4. The van der Waals surface area contributed by atoms with Crippen LogP contribution in [0.15, 0.2) is 18.2 Å². The van der Waals surface area contributed by atoms with Gasteiger partial charge in [0.05, 0.1) is 0 Å². The van der Waals surface area contributed by atoms with E-state index in [9.17, 15) is 9.59 Å². The first-order chi connectivity index (χ1) is 10.0. The summed E-state index contributed by atoms with van der Waals surface area (Å²) in [6.45, 7) is 4.32. The maximum atomic E-state index is 11.9. The number of nitrogens with zero attached hydrogens (tertiary/aromatic N) is 1. The fraction of sp³-hybridized carbons (Fsp3) is 0.500. The van der Waals surface area contributed by atoms with E-state index in [-0.39, 0.29) is 17.7 Å². The van der Waals surface area contributed by atoms with Crippen LogP contribution in [0.2, 0.25) is 5.02 Å². The molecule has 0 aliphatic heterocycles. The quantitative estimate of drug-likeness (QED) is 0.909. The SMILES string of the molecule is CC(=O)N(CCNC(=O)C1CCC1)c1cccc(Cl)c1C. The number of nitrogens with one attached hydrogen (secondary N) is 1. The molecule has 1 aromatic rings. The van der Waals surface area contributed by atoms with Crippen molar-refractivity contribution in [2.24, 2.45) is 5.92 Å². The van der Waals surface area contributed by atoms with Crippen molar-refractivity contribution in [3.8, 4) is 0 Å². The highest BCUT2D eigenvalue weighted by molar-refractivity contribution is 6.31. The van der Waals surface area contributed by atoms with Crippen molar-refractivity contribution in [3.63, 3.8) is 0 Å². The Balaban J connectivity index is 1.97. The molecule has 1 aromatic carbocycles. The summed E-state index contributed by atoms with van der Waals surface area (Å²) in [5, 5.41) is 3.54. The molecule has 0 radical (unpaired) electrons. The second kappa shape index (κ2) is 6.94. The van der Waals surface area contributed by atoms with E-state index in [1.807, 2.05) is 19.1 Å². The van der Waals surface area contributed by atoms with Gasteiger partial charge in [-0.25, -0.2) is 0 Å². The minimum Gasteiger partial charge on any atom is -0.354 e. The molecule has 0 unspecified atom stereocenters. The predicted octanol–water partition coefficient (Wildman–Crippen LogP) is 2.92. The number of carbonyl (C=O) groups excluding carboxylic acids is 2. The van der Waals surface area contributed by atoms with Gasteiger partial charge in [0.15, 0.2) is 0 Å². The van der Waals surface area contributed by atoms with Crippen molar-refractivity contribution < 1.29 is 9.59 Å². The molecule has 0 atom stereocenters. The number of amides is 2. The fourth-order valence-electron chi connectivity index (χ4n) is 2.44. The van der Waals surface area contributed by atoms with Crippen molar-refractivity contribution >= 4 is 29.1 Å². The maximum absolute atomic E-state index is 11.9. The van der Waals surface area contributed by atoms with Gasteiger partial charge < -0.3 is 10.2 Å². The van der Waals surface area contributed by atoms with E-state index in [1.165, 1.54) is 6.92 Å². The standard InChI is InChI=1S/C16H21ClN2O2/c1-11-14(17)7-4-8-15(11)19(12(2)20)10-9-18-16(21)13-5-3-6-13/h4,7-8,13H,3,5-6,9-10H2,1-2H3,(H,18,21). The van der Waals surface area contributed by atoms with E-state index >= 15 is 0 Å². The summed E-state index contributed by atoms with van der Waals surface area (Å²) in [4.78, 5) is 25.3. The molecule has 114 valence electrons. The largest absolute Gasteiger partial charge is 0.354 e. The molecule has 4 nitrogen and oxygen atoms in total. The molecule has 0 bridgehead atoms. The number of halogens is 1. The monoisotopic (exact) mass is 308 g/mol. The first-order valence-corrected chi connectivity index (χ1v) is 7.69. The van der Waals surface area contributed by atoms with E-state index < -0.39 is 0 Å². The van der Waals surface area contributed by atoms with Crippen molar-refractivity contribution in [3.05, 3.63) is 28.8 Å². The number of benzene rings is 1. The Morgan fingerprint density at radius 2 is 2.10 bits per heavy atom. The van der Waals surface area contributed by atoms with E-state index in [4.69, 9.17) is 11.6 Å². The molecule has 2 rings (SSSR count). The van der Waals surface area contributed by atoms with Crippen LogP contribution in [0.25, 0.3) is 0 Å². The van der Waals surface area contributed by atoms with Crippen molar-refractivity contribution in [1.82, 2.24) is 5.32 Å². The maximum Gasteiger partial charge on any atom is 0.223 e. The lowest BCUT2D eigenvalue weighted by atomic mass is 9.85. The number of rotatable bonds is 5. The molecule has 1 saturated carbocycles. The zero-order valence-electron chi connectivity index (χ0n) is 12.5. The summed E-state index contributed by atoms with van der Waals surface area (Å²) < 4.78 is 0. The topological polar surface area (TPSA) is 49.4 Å². The normalized spacial score (nSPS) is 14.4. The minimum atomic E-state index is -0.0572. The molecule has 1 fully saturated rings. The Kier molecular flexibility index (Phi) is 5.23. The molecule has 0 spiro atoms. The predicted molar refractivity (Wildman–Crippen MR) is 84.6 cm³/mol. The van der Waals surface area contributed by atoms with Gasteiger partial charge in [0.1, 0.15) is 0 Å². The van der Waals surface area contributed by atoms with Gasteiger partial charge in [-0.1, -0.05) is 24.1 Å². The van der Waals surface area contributed by atoms with Crippen LogP contribution in [0.3, 0.4) is 0 Å². The minimum absolute atomic E-state index is 0.0572. The van der Waals surface area contributed by atoms with Gasteiger partial charge >= 0.3 is 0 Å². The van der Waals surface area contributed by atoms with Gasteiger partial charge in [0.25, 0.3) is 0 Å². The summed E-state index contributed by atoms with van der Waals surface area (Å²) >= 11 is 6.11. The summed E-state index contributed by atoms with van der Waals surface area (Å²) in [5.74, 6) is 0.217. The Morgan fingerprint density at radius 1 is 1.38 bits per heavy atom. The average molecular weight is 309 g/mol. The molecular formula is C16H21ClN2O2. The molecule has 0 heterocycles. The van der Waals surface area contributed by atoms with E-state index in [0.717, 1.165) is 30.5 Å².